The molecular formula is C6H12FNO. The van der Waals surface area contributed by atoms with Crippen LogP contribution in [0.3, 0.4) is 0 Å². The number of alkyl halides is 1. The molecule has 0 N–H and O–H groups in total. The summed E-state index contributed by atoms with van der Waals surface area (Å²) < 4.78 is 11.9. The zero-order chi connectivity index (χ0) is 7.49. The van der Waals surface area contributed by atoms with E-state index in [0.29, 0.717) is 0 Å². The van der Waals surface area contributed by atoms with Gasteiger partial charge in [0.15, 0.2) is 0 Å². The molecule has 0 rings (SSSR count). The van der Waals surface area contributed by atoms with Gasteiger partial charge in [-0.2, -0.15) is 4.91 Å². The molecule has 0 aliphatic carbocycles. The molecule has 0 saturated carbocycles. The van der Waals surface area contributed by atoms with Crippen LogP contribution in [0.2, 0.25) is 0 Å². The summed E-state index contributed by atoms with van der Waals surface area (Å²) in [4.78, 5) is 9.89. The Morgan fingerprint density at radius 3 is 2.00 bits per heavy atom. The van der Waals surface area contributed by atoms with Crippen LogP contribution >= 0.6 is 0 Å². The summed E-state index contributed by atoms with van der Waals surface area (Å²) in [5.41, 5.74) is -0.337. The summed E-state index contributed by atoms with van der Waals surface area (Å²) in [5, 5.41) is 2.65. The largest absolute Gasteiger partial charge is 0.249 e. The van der Waals surface area contributed by atoms with Gasteiger partial charge in [-0.1, -0.05) is 25.9 Å². The van der Waals surface area contributed by atoms with Crippen LogP contribution < -0.4 is 0 Å². The molecule has 0 heterocycles. The van der Waals surface area contributed by atoms with E-state index in [-0.39, 0.29) is 5.41 Å². The maximum atomic E-state index is 11.9. The van der Waals surface area contributed by atoms with Crippen LogP contribution in [0, 0.1) is 10.3 Å². The number of nitrogens with zero attached hydrogens (tertiary/aromatic N) is 1. The van der Waals surface area contributed by atoms with Gasteiger partial charge in [0.05, 0.1) is 0 Å². The van der Waals surface area contributed by atoms with Gasteiger partial charge in [-0.25, -0.2) is 4.39 Å². The van der Waals surface area contributed by atoms with Crippen LogP contribution in [0.25, 0.3) is 0 Å². The predicted octanol–water partition coefficient (Wildman–Crippen LogP) is 2.14. The van der Waals surface area contributed by atoms with Gasteiger partial charge in [-0.05, 0) is 5.41 Å². The molecule has 0 fully saturated rings. The van der Waals surface area contributed by atoms with Gasteiger partial charge in [0.1, 0.15) is 12.7 Å². The number of hydrogen-bond donors (Lipinski definition) is 0. The normalized spacial score (nSPS) is 15.1. The fraction of sp³-hybridized carbons (Fsp3) is 1.00. The molecule has 2 nitrogen and oxygen atoms in total. The number of nitroso groups, excluding NO2 is 1. The second-order valence-electron chi connectivity index (χ2n) is 3.14. The lowest BCUT2D eigenvalue weighted by Gasteiger charge is -2.20. The summed E-state index contributed by atoms with van der Waals surface area (Å²) in [7, 11) is 0. The van der Waals surface area contributed by atoms with Crippen molar-refractivity contribution >= 4 is 0 Å². The minimum Gasteiger partial charge on any atom is -0.249 e. The quantitative estimate of drug-likeness (QED) is 0.530. The zero-order valence-electron chi connectivity index (χ0n) is 6.02. The molecule has 0 radical (unpaired) electrons. The summed E-state index contributed by atoms with van der Waals surface area (Å²) >= 11 is 0. The second kappa shape index (κ2) is 2.90. The monoisotopic (exact) mass is 133 g/mol. The van der Waals surface area contributed by atoms with E-state index < -0.39 is 12.7 Å². The third kappa shape index (κ3) is 2.54. The zero-order valence-corrected chi connectivity index (χ0v) is 6.02. The fourth-order valence-electron chi connectivity index (χ4n) is 0.418. The molecule has 0 amide bonds. The molecule has 3 heteroatoms. The highest BCUT2D eigenvalue weighted by molar-refractivity contribution is 4.78. The third-order valence-electron chi connectivity index (χ3n) is 1.27. The van der Waals surface area contributed by atoms with E-state index in [1.54, 1.807) is 20.8 Å². The van der Waals surface area contributed by atoms with Gasteiger partial charge in [0.25, 0.3) is 0 Å². The minimum absolute atomic E-state index is 0.337. The second-order valence-corrected chi connectivity index (χ2v) is 3.14. The van der Waals surface area contributed by atoms with E-state index in [4.69, 9.17) is 0 Å². The van der Waals surface area contributed by atoms with Crippen molar-refractivity contribution in [2.24, 2.45) is 10.6 Å². The average molecular weight is 133 g/mol. The number of rotatable bonds is 2. The van der Waals surface area contributed by atoms with E-state index in [1.807, 2.05) is 0 Å². The van der Waals surface area contributed by atoms with E-state index in [9.17, 15) is 9.30 Å². The van der Waals surface area contributed by atoms with Crippen LogP contribution in [-0.2, 0) is 0 Å². The van der Waals surface area contributed by atoms with Gasteiger partial charge in [0.2, 0.25) is 0 Å². The van der Waals surface area contributed by atoms with Crippen LogP contribution in [0.1, 0.15) is 20.8 Å². The molecule has 0 spiro atoms. The standard InChI is InChI=1S/C6H12FNO/c1-6(2,3)5(4-7)8-9/h5H,4H2,1-3H3. The van der Waals surface area contributed by atoms with Crippen molar-refractivity contribution in [3.05, 3.63) is 4.91 Å². The molecule has 0 saturated heterocycles. The highest BCUT2D eigenvalue weighted by Crippen LogP contribution is 2.21. The Bertz CT molecular complexity index is 97.7. The fourth-order valence-corrected chi connectivity index (χ4v) is 0.418. The van der Waals surface area contributed by atoms with Crippen molar-refractivity contribution in [1.82, 2.24) is 0 Å². The first kappa shape index (κ1) is 8.53. The molecule has 9 heavy (non-hydrogen) atoms. The Kier molecular flexibility index (Phi) is 2.74. The predicted molar refractivity (Wildman–Crippen MR) is 35.0 cm³/mol. The number of halogens is 1. The Morgan fingerprint density at radius 2 is 2.00 bits per heavy atom. The first-order valence-electron chi connectivity index (χ1n) is 2.90. The van der Waals surface area contributed by atoms with Crippen LogP contribution in [0.5, 0.6) is 0 Å². The minimum atomic E-state index is -0.697. The molecule has 1 atom stereocenters. The molecular weight excluding hydrogens is 121 g/mol. The van der Waals surface area contributed by atoms with Crippen molar-refractivity contribution in [1.29, 1.82) is 0 Å². The van der Waals surface area contributed by atoms with Crippen LogP contribution in [0.4, 0.5) is 4.39 Å². The van der Waals surface area contributed by atoms with Crippen molar-refractivity contribution in [2.45, 2.75) is 26.8 Å². The Balaban J connectivity index is 3.94. The maximum Gasteiger partial charge on any atom is 0.125 e. The Labute approximate surface area is 54.4 Å². The first-order chi connectivity index (χ1) is 4.02. The Morgan fingerprint density at radius 1 is 1.56 bits per heavy atom. The smallest absolute Gasteiger partial charge is 0.125 e. The molecule has 54 valence electrons. The van der Waals surface area contributed by atoms with Crippen molar-refractivity contribution in [2.75, 3.05) is 6.67 Å². The van der Waals surface area contributed by atoms with Crippen molar-refractivity contribution in [3.63, 3.8) is 0 Å². The highest BCUT2D eigenvalue weighted by Gasteiger charge is 2.24. The van der Waals surface area contributed by atoms with Crippen molar-refractivity contribution < 1.29 is 4.39 Å². The van der Waals surface area contributed by atoms with E-state index in [2.05, 4.69) is 5.18 Å². The summed E-state index contributed by atoms with van der Waals surface area (Å²) in [5.74, 6) is 0. The van der Waals surface area contributed by atoms with E-state index in [1.165, 1.54) is 0 Å². The van der Waals surface area contributed by atoms with Crippen LogP contribution in [0.15, 0.2) is 5.18 Å². The highest BCUT2D eigenvalue weighted by atomic mass is 19.1. The van der Waals surface area contributed by atoms with Gasteiger partial charge >= 0.3 is 0 Å². The van der Waals surface area contributed by atoms with Crippen LogP contribution in [-0.4, -0.2) is 12.7 Å². The molecule has 0 aliphatic heterocycles. The lowest BCUT2D eigenvalue weighted by molar-refractivity contribution is 0.264. The van der Waals surface area contributed by atoms with Gasteiger partial charge in [-0.3, -0.25) is 0 Å². The first-order valence-corrected chi connectivity index (χ1v) is 2.90. The topological polar surface area (TPSA) is 29.4 Å². The van der Waals surface area contributed by atoms with E-state index in [0.717, 1.165) is 0 Å². The van der Waals surface area contributed by atoms with Gasteiger partial charge < -0.3 is 0 Å². The summed E-state index contributed by atoms with van der Waals surface area (Å²) in [6, 6.07) is -0.697. The molecule has 1 unspecified atom stereocenters. The molecule has 0 bridgehead atoms. The van der Waals surface area contributed by atoms with Gasteiger partial charge in [0, 0.05) is 0 Å². The number of hydrogen-bond acceptors (Lipinski definition) is 2. The SMILES string of the molecule is CC(C)(C)C(CF)N=O. The Hall–Kier alpha value is -0.470. The summed E-state index contributed by atoms with van der Waals surface area (Å²) in [6.45, 7) is 4.71. The molecule has 0 aromatic heterocycles. The maximum absolute atomic E-state index is 11.9. The third-order valence-corrected chi connectivity index (χ3v) is 1.27. The van der Waals surface area contributed by atoms with Gasteiger partial charge in [-0.15, -0.1) is 0 Å². The average Bonchev–Trinajstić information content (AvgIpc) is 1.65. The lowest BCUT2D eigenvalue weighted by atomic mass is 9.88. The van der Waals surface area contributed by atoms with E-state index >= 15 is 0 Å². The summed E-state index contributed by atoms with van der Waals surface area (Å²) in [6.07, 6.45) is 0. The molecule has 0 aromatic rings. The lowest BCUT2D eigenvalue weighted by Crippen LogP contribution is -2.25. The molecule has 0 aromatic carbocycles. The van der Waals surface area contributed by atoms with Crippen molar-refractivity contribution in [3.8, 4) is 0 Å². The molecule has 0 aliphatic rings.